The summed E-state index contributed by atoms with van der Waals surface area (Å²) in [6, 6.07) is 3.65. The molecule has 1 aliphatic rings. The number of nitrogens with zero attached hydrogens (tertiary/aromatic N) is 5. The molecule has 1 aliphatic heterocycles. The Morgan fingerprint density at radius 2 is 2.16 bits per heavy atom. The molecule has 0 spiro atoms. The summed E-state index contributed by atoms with van der Waals surface area (Å²) in [7, 11) is 1.57. The molecule has 3 aromatic heterocycles. The molecule has 1 atom stereocenters. The van der Waals surface area contributed by atoms with Gasteiger partial charge in [-0.2, -0.15) is 5.10 Å². The standard InChI is InChI=1S/C17H20N6O2/c1-24-16-9-13(19-11-20-16)14-10-23-15(5-8-21-23)17(22-14)25-12-3-2-6-18-7-4-12/h5,8-12,18H,2-4,6-7H2,1H3/t12-/m1/s1. The minimum atomic E-state index is 0.149. The Labute approximate surface area is 145 Å². The Morgan fingerprint density at radius 3 is 3.08 bits per heavy atom. The molecule has 0 aromatic carbocycles. The number of ether oxygens (including phenoxy) is 2. The second-order valence-electron chi connectivity index (χ2n) is 5.96. The predicted molar refractivity (Wildman–Crippen MR) is 91.7 cm³/mol. The van der Waals surface area contributed by atoms with Crippen molar-refractivity contribution in [3.8, 4) is 23.1 Å². The molecule has 0 saturated carbocycles. The molecule has 4 rings (SSSR count). The average molecular weight is 340 g/mol. The van der Waals surface area contributed by atoms with E-state index in [0.717, 1.165) is 37.9 Å². The van der Waals surface area contributed by atoms with Crippen molar-refractivity contribution in [2.45, 2.75) is 25.4 Å². The number of hydrogen-bond donors (Lipinski definition) is 1. The van der Waals surface area contributed by atoms with Gasteiger partial charge in [-0.1, -0.05) is 0 Å². The number of fused-ring (bicyclic) bond motifs is 1. The first kappa shape index (κ1) is 15.8. The van der Waals surface area contributed by atoms with Crippen molar-refractivity contribution in [1.29, 1.82) is 0 Å². The van der Waals surface area contributed by atoms with E-state index in [1.165, 1.54) is 6.33 Å². The summed E-state index contributed by atoms with van der Waals surface area (Å²) in [6.07, 6.45) is 8.26. The second-order valence-corrected chi connectivity index (χ2v) is 5.96. The Balaban J connectivity index is 1.71. The monoisotopic (exact) mass is 340 g/mol. The van der Waals surface area contributed by atoms with Crippen LogP contribution in [-0.4, -0.2) is 50.9 Å². The third kappa shape index (κ3) is 3.39. The zero-order valence-electron chi connectivity index (χ0n) is 14.1. The lowest BCUT2D eigenvalue weighted by Crippen LogP contribution is -2.20. The molecule has 8 heteroatoms. The summed E-state index contributed by atoms with van der Waals surface area (Å²) in [4.78, 5) is 13.0. The van der Waals surface area contributed by atoms with Gasteiger partial charge in [-0.15, -0.1) is 0 Å². The molecule has 0 amide bonds. The Morgan fingerprint density at radius 1 is 1.20 bits per heavy atom. The Kier molecular flexibility index (Phi) is 4.43. The molecule has 4 heterocycles. The maximum absolute atomic E-state index is 6.24. The minimum Gasteiger partial charge on any atom is -0.481 e. The fourth-order valence-electron chi connectivity index (χ4n) is 2.96. The zero-order valence-corrected chi connectivity index (χ0v) is 14.1. The van der Waals surface area contributed by atoms with Crippen molar-refractivity contribution in [3.05, 3.63) is 30.9 Å². The number of methoxy groups -OCH3 is 1. The molecule has 0 unspecified atom stereocenters. The first-order valence-corrected chi connectivity index (χ1v) is 8.41. The van der Waals surface area contributed by atoms with Crippen molar-refractivity contribution < 1.29 is 9.47 Å². The first-order valence-electron chi connectivity index (χ1n) is 8.41. The average Bonchev–Trinajstić information content (AvgIpc) is 2.99. The summed E-state index contributed by atoms with van der Waals surface area (Å²) < 4.78 is 13.2. The van der Waals surface area contributed by atoms with E-state index in [9.17, 15) is 0 Å². The molecule has 0 radical (unpaired) electrons. The molecule has 130 valence electrons. The van der Waals surface area contributed by atoms with Crippen LogP contribution in [-0.2, 0) is 0 Å². The molecule has 1 fully saturated rings. The lowest BCUT2D eigenvalue weighted by atomic mass is 10.1. The first-order chi connectivity index (χ1) is 12.3. The van der Waals surface area contributed by atoms with Crippen LogP contribution in [0.1, 0.15) is 19.3 Å². The molecule has 3 aromatic rings. The van der Waals surface area contributed by atoms with E-state index in [0.29, 0.717) is 23.1 Å². The molecule has 8 nitrogen and oxygen atoms in total. The highest BCUT2D eigenvalue weighted by atomic mass is 16.5. The summed E-state index contributed by atoms with van der Waals surface area (Å²) >= 11 is 0. The molecular weight excluding hydrogens is 320 g/mol. The van der Waals surface area contributed by atoms with Crippen molar-refractivity contribution in [2.24, 2.45) is 0 Å². The number of aromatic nitrogens is 5. The van der Waals surface area contributed by atoms with E-state index in [-0.39, 0.29) is 6.10 Å². The Hall–Kier alpha value is -2.74. The van der Waals surface area contributed by atoms with Crippen LogP contribution in [0.2, 0.25) is 0 Å². The van der Waals surface area contributed by atoms with Crippen molar-refractivity contribution in [1.82, 2.24) is 29.9 Å². The molecule has 1 saturated heterocycles. The molecule has 25 heavy (non-hydrogen) atoms. The molecule has 0 bridgehead atoms. The number of hydrogen-bond acceptors (Lipinski definition) is 7. The lowest BCUT2D eigenvalue weighted by molar-refractivity contribution is 0.182. The van der Waals surface area contributed by atoms with E-state index in [4.69, 9.17) is 14.5 Å². The number of nitrogens with one attached hydrogen (secondary N) is 1. The highest BCUT2D eigenvalue weighted by Gasteiger charge is 2.18. The van der Waals surface area contributed by atoms with Crippen molar-refractivity contribution in [2.75, 3.05) is 20.2 Å². The van der Waals surface area contributed by atoms with Gasteiger partial charge >= 0.3 is 0 Å². The van der Waals surface area contributed by atoms with Gasteiger partial charge in [-0.25, -0.2) is 19.5 Å². The van der Waals surface area contributed by atoms with Gasteiger partial charge in [0, 0.05) is 6.07 Å². The summed E-state index contributed by atoms with van der Waals surface area (Å²) in [5.74, 6) is 1.07. The van der Waals surface area contributed by atoms with E-state index in [2.05, 4.69) is 20.4 Å². The maximum Gasteiger partial charge on any atom is 0.241 e. The second kappa shape index (κ2) is 7.02. The van der Waals surface area contributed by atoms with E-state index >= 15 is 0 Å². The number of rotatable bonds is 4. The van der Waals surface area contributed by atoms with Crippen LogP contribution in [0.3, 0.4) is 0 Å². The third-order valence-corrected chi connectivity index (χ3v) is 4.27. The van der Waals surface area contributed by atoms with Crippen molar-refractivity contribution >= 4 is 5.52 Å². The minimum absolute atomic E-state index is 0.149. The van der Waals surface area contributed by atoms with Gasteiger partial charge in [0.25, 0.3) is 0 Å². The topological polar surface area (TPSA) is 86.5 Å². The SMILES string of the molecule is COc1cc(-c2cn3nccc3c(O[C@@H]3CCCNCC3)n2)ncn1. The van der Waals surface area contributed by atoms with Gasteiger partial charge in [-0.3, -0.25) is 0 Å². The third-order valence-electron chi connectivity index (χ3n) is 4.27. The van der Waals surface area contributed by atoms with Crippen LogP contribution in [0.25, 0.3) is 16.9 Å². The normalized spacial score (nSPS) is 18.0. The molecule has 1 N–H and O–H groups in total. The highest BCUT2D eigenvalue weighted by molar-refractivity contribution is 5.62. The van der Waals surface area contributed by atoms with Crippen LogP contribution < -0.4 is 14.8 Å². The Bertz CT molecular complexity index is 857. The van der Waals surface area contributed by atoms with Crippen LogP contribution in [0, 0.1) is 0 Å². The summed E-state index contributed by atoms with van der Waals surface area (Å²) in [5.41, 5.74) is 2.18. The molecule has 0 aliphatic carbocycles. The largest absolute Gasteiger partial charge is 0.481 e. The maximum atomic E-state index is 6.24. The zero-order chi connectivity index (χ0) is 17.1. The van der Waals surface area contributed by atoms with Crippen molar-refractivity contribution in [3.63, 3.8) is 0 Å². The fraction of sp³-hybridized carbons (Fsp3) is 0.412. The van der Waals surface area contributed by atoms with Gasteiger partial charge in [0.15, 0.2) is 0 Å². The quantitative estimate of drug-likeness (QED) is 0.774. The lowest BCUT2D eigenvalue weighted by Gasteiger charge is -2.17. The van der Waals surface area contributed by atoms with Gasteiger partial charge < -0.3 is 14.8 Å². The van der Waals surface area contributed by atoms with E-state index in [1.807, 2.05) is 12.3 Å². The van der Waals surface area contributed by atoms with Gasteiger partial charge in [0.2, 0.25) is 11.8 Å². The fourth-order valence-corrected chi connectivity index (χ4v) is 2.96. The van der Waals surface area contributed by atoms with Crippen LogP contribution in [0.15, 0.2) is 30.9 Å². The van der Waals surface area contributed by atoms with E-state index in [1.54, 1.807) is 23.9 Å². The van der Waals surface area contributed by atoms with Crippen LogP contribution >= 0.6 is 0 Å². The highest BCUT2D eigenvalue weighted by Crippen LogP contribution is 2.26. The predicted octanol–water partition coefficient (Wildman–Crippen LogP) is 1.72. The van der Waals surface area contributed by atoms with Gasteiger partial charge in [-0.05, 0) is 38.4 Å². The van der Waals surface area contributed by atoms with Gasteiger partial charge in [0.1, 0.15) is 23.6 Å². The smallest absolute Gasteiger partial charge is 0.241 e. The van der Waals surface area contributed by atoms with E-state index < -0.39 is 0 Å². The summed E-state index contributed by atoms with van der Waals surface area (Å²) in [6.45, 7) is 2.00. The van der Waals surface area contributed by atoms with Gasteiger partial charge in [0.05, 0.1) is 25.2 Å². The molecular formula is C17H20N6O2. The van der Waals surface area contributed by atoms with Crippen LogP contribution in [0.4, 0.5) is 0 Å². The summed E-state index contributed by atoms with van der Waals surface area (Å²) in [5, 5.41) is 7.73. The van der Waals surface area contributed by atoms with Crippen LogP contribution in [0.5, 0.6) is 11.8 Å².